The van der Waals surface area contributed by atoms with Crippen molar-refractivity contribution in [3.8, 4) is 0 Å². The minimum Gasteiger partial charge on any atom is -0.480 e. The predicted molar refractivity (Wildman–Crippen MR) is 74.8 cm³/mol. The highest BCUT2D eigenvalue weighted by atomic mass is 79.9. The van der Waals surface area contributed by atoms with Crippen LogP contribution in [0.5, 0.6) is 0 Å². The van der Waals surface area contributed by atoms with Gasteiger partial charge in [0.05, 0.1) is 6.42 Å². The summed E-state index contributed by atoms with van der Waals surface area (Å²) in [5, 5.41) is 9.31. The van der Waals surface area contributed by atoms with E-state index in [1.807, 2.05) is 24.3 Å². The van der Waals surface area contributed by atoms with Crippen molar-refractivity contribution in [2.45, 2.75) is 31.7 Å². The summed E-state index contributed by atoms with van der Waals surface area (Å²) < 4.78 is 0.875. The van der Waals surface area contributed by atoms with E-state index in [-0.39, 0.29) is 12.3 Å². The van der Waals surface area contributed by atoms with E-state index < -0.39 is 11.5 Å². The average molecular weight is 326 g/mol. The van der Waals surface area contributed by atoms with Crippen molar-refractivity contribution in [2.75, 3.05) is 6.54 Å². The second-order valence-electron chi connectivity index (χ2n) is 5.00. The van der Waals surface area contributed by atoms with Gasteiger partial charge in [0.1, 0.15) is 5.54 Å². The van der Waals surface area contributed by atoms with Crippen LogP contribution in [0, 0.1) is 0 Å². The van der Waals surface area contributed by atoms with Gasteiger partial charge in [0.2, 0.25) is 5.91 Å². The molecule has 0 saturated carbocycles. The smallest absolute Gasteiger partial charge is 0.329 e. The Kier molecular flexibility index (Phi) is 3.94. The lowest BCUT2D eigenvalue weighted by Gasteiger charge is -2.31. The van der Waals surface area contributed by atoms with Crippen LogP contribution in [0.4, 0.5) is 0 Å². The number of likely N-dealkylation sites (tertiary alicyclic amines) is 1. The van der Waals surface area contributed by atoms with Crippen molar-refractivity contribution >= 4 is 27.8 Å². The Labute approximate surface area is 120 Å². The standard InChI is InChI=1S/C14H16BrNO3/c1-14(13(18)19)7-4-8-16(14)12(17)9-10-5-2-3-6-11(10)15/h2-3,5-6H,4,7-9H2,1H3,(H,18,19). The third-order valence-corrected chi connectivity index (χ3v) is 4.48. The summed E-state index contributed by atoms with van der Waals surface area (Å²) in [6.07, 6.45) is 1.48. The van der Waals surface area contributed by atoms with Crippen molar-refractivity contribution in [1.82, 2.24) is 4.90 Å². The Bertz CT molecular complexity index is 517. The molecule has 4 nitrogen and oxygen atoms in total. The van der Waals surface area contributed by atoms with Gasteiger partial charge in [0.15, 0.2) is 0 Å². The first-order valence-corrected chi connectivity index (χ1v) is 7.02. The number of carbonyl (C=O) groups excluding carboxylic acids is 1. The van der Waals surface area contributed by atoms with E-state index in [9.17, 15) is 14.7 Å². The van der Waals surface area contributed by atoms with Crippen molar-refractivity contribution in [2.24, 2.45) is 0 Å². The van der Waals surface area contributed by atoms with Crippen LogP contribution in [0.25, 0.3) is 0 Å². The van der Waals surface area contributed by atoms with Crippen LogP contribution in [-0.2, 0) is 16.0 Å². The van der Waals surface area contributed by atoms with E-state index in [4.69, 9.17) is 0 Å². The van der Waals surface area contributed by atoms with Gasteiger partial charge in [-0.2, -0.15) is 0 Å². The second kappa shape index (κ2) is 5.33. The number of halogens is 1. The maximum atomic E-state index is 12.3. The number of nitrogens with zero attached hydrogens (tertiary/aromatic N) is 1. The molecule has 102 valence electrons. The van der Waals surface area contributed by atoms with Crippen LogP contribution in [0.2, 0.25) is 0 Å². The minimum atomic E-state index is -1.06. The Hall–Kier alpha value is -1.36. The molecule has 1 fully saturated rings. The normalized spacial score (nSPS) is 22.5. The van der Waals surface area contributed by atoms with E-state index in [0.717, 1.165) is 16.5 Å². The van der Waals surface area contributed by atoms with Gasteiger partial charge >= 0.3 is 5.97 Å². The predicted octanol–water partition coefficient (Wildman–Crippen LogP) is 2.46. The third kappa shape index (κ3) is 2.66. The molecule has 1 aromatic carbocycles. The number of carboxylic acids is 1. The molecule has 1 aliphatic rings. The maximum absolute atomic E-state index is 12.3. The lowest BCUT2D eigenvalue weighted by molar-refractivity contribution is -0.155. The molecule has 5 heteroatoms. The van der Waals surface area contributed by atoms with Gasteiger partial charge in [-0.05, 0) is 31.4 Å². The molecule has 1 N–H and O–H groups in total. The lowest BCUT2D eigenvalue weighted by atomic mass is 9.98. The van der Waals surface area contributed by atoms with Crippen LogP contribution in [0.3, 0.4) is 0 Å². The first-order chi connectivity index (χ1) is 8.95. The molecule has 1 atom stereocenters. The van der Waals surface area contributed by atoms with E-state index in [2.05, 4.69) is 15.9 Å². The number of hydrogen-bond donors (Lipinski definition) is 1. The van der Waals surface area contributed by atoms with Gasteiger partial charge in [0.25, 0.3) is 0 Å². The third-order valence-electron chi connectivity index (χ3n) is 3.70. The second-order valence-corrected chi connectivity index (χ2v) is 5.85. The molecule has 0 aliphatic carbocycles. The largest absolute Gasteiger partial charge is 0.480 e. The molecule has 1 aromatic rings. The van der Waals surface area contributed by atoms with E-state index in [0.29, 0.717) is 13.0 Å². The molecule has 1 unspecified atom stereocenters. The summed E-state index contributed by atoms with van der Waals surface area (Å²) in [6.45, 7) is 2.15. The minimum absolute atomic E-state index is 0.130. The van der Waals surface area contributed by atoms with Crippen molar-refractivity contribution < 1.29 is 14.7 Å². The molecule has 0 bridgehead atoms. The molecule has 19 heavy (non-hydrogen) atoms. The van der Waals surface area contributed by atoms with Crippen LogP contribution in [0.1, 0.15) is 25.3 Å². The Morgan fingerprint density at radius 1 is 1.42 bits per heavy atom. The zero-order chi connectivity index (χ0) is 14.0. The average Bonchev–Trinajstić information content (AvgIpc) is 2.76. The van der Waals surface area contributed by atoms with Gasteiger partial charge in [0, 0.05) is 11.0 Å². The highest BCUT2D eigenvalue weighted by Crippen LogP contribution is 2.30. The molecule has 2 rings (SSSR count). The fourth-order valence-corrected chi connectivity index (χ4v) is 2.91. The molecule has 0 aromatic heterocycles. The van der Waals surface area contributed by atoms with Crippen molar-refractivity contribution in [1.29, 1.82) is 0 Å². The first-order valence-electron chi connectivity index (χ1n) is 6.22. The molecule has 1 amide bonds. The fraction of sp³-hybridized carbons (Fsp3) is 0.429. The van der Waals surface area contributed by atoms with Crippen LogP contribution >= 0.6 is 15.9 Å². The van der Waals surface area contributed by atoms with Crippen LogP contribution in [0.15, 0.2) is 28.7 Å². The lowest BCUT2D eigenvalue weighted by Crippen LogP contribution is -2.51. The highest BCUT2D eigenvalue weighted by Gasteiger charge is 2.45. The van der Waals surface area contributed by atoms with Gasteiger partial charge in [-0.1, -0.05) is 34.1 Å². The molecule has 0 spiro atoms. The first kappa shape index (κ1) is 14.1. The SMILES string of the molecule is CC1(C(=O)O)CCCN1C(=O)Cc1ccccc1Br. The maximum Gasteiger partial charge on any atom is 0.329 e. The number of amides is 1. The van der Waals surface area contributed by atoms with Crippen molar-refractivity contribution in [3.63, 3.8) is 0 Å². The summed E-state index contributed by atoms with van der Waals surface area (Å²) >= 11 is 3.40. The molecular formula is C14H16BrNO3. The quantitative estimate of drug-likeness (QED) is 0.928. The van der Waals surface area contributed by atoms with E-state index >= 15 is 0 Å². The number of carbonyl (C=O) groups is 2. The summed E-state index contributed by atoms with van der Waals surface area (Å²) in [6, 6.07) is 7.50. The topological polar surface area (TPSA) is 57.6 Å². The van der Waals surface area contributed by atoms with E-state index in [1.54, 1.807) is 6.92 Å². The van der Waals surface area contributed by atoms with Crippen molar-refractivity contribution in [3.05, 3.63) is 34.3 Å². The number of hydrogen-bond acceptors (Lipinski definition) is 2. The summed E-state index contributed by atoms with van der Waals surface area (Å²) in [4.78, 5) is 25.2. The van der Waals surface area contributed by atoms with Crippen LogP contribution < -0.4 is 0 Å². The molecule has 1 heterocycles. The fourth-order valence-electron chi connectivity index (χ4n) is 2.49. The summed E-state index contributed by atoms with van der Waals surface area (Å²) in [7, 11) is 0. The molecule has 1 saturated heterocycles. The molecule has 1 aliphatic heterocycles. The van der Waals surface area contributed by atoms with Crippen LogP contribution in [-0.4, -0.2) is 34.0 Å². The Balaban J connectivity index is 2.17. The van der Waals surface area contributed by atoms with E-state index in [1.165, 1.54) is 4.90 Å². The summed E-state index contributed by atoms with van der Waals surface area (Å²) in [5.74, 6) is -1.06. The van der Waals surface area contributed by atoms with Gasteiger partial charge in [-0.25, -0.2) is 4.79 Å². The number of carboxylic acid groups (broad SMARTS) is 1. The zero-order valence-electron chi connectivity index (χ0n) is 10.7. The zero-order valence-corrected chi connectivity index (χ0v) is 12.3. The number of aliphatic carboxylic acids is 1. The molecule has 0 radical (unpaired) electrons. The molecular weight excluding hydrogens is 310 g/mol. The van der Waals surface area contributed by atoms with Gasteiger partial charge in [-0.15, -0.1) is 0 Å². The Morgan fingerprint density at radius 3 is 2.74 bits per heavy atom. The number of benzene rings is 1. The van der Waals surface area contributed by atoms with Gasteiger partial charge in [-0.3, -0.25) is 4.79 Å². The van der Waals surface area contributed by atoms with Gasteiger partial charge < -0.3 is 10.0 Å². The number of rotatable bonds is 3. The summed E-state index contributed by atoms with van der Waals surface area (Å²) in [5.41, 5.74) is -0.176. The Morgan fingerprint density at radius 2 is 2.11 bits per heavy atom. The highest BCUT2D eigenvalue weighted by molar-refractivity contribution is 9.10. The monoisotopic (exact) mass is 325 g/mol.